The third-order valence-corrected chi connectivity index (χ3v) is 2.63. The average molecular weight is 269 g/mol. The number of imidazole rings is 1. The topological polar surface area (TPSA) is 65.4 Å². The minimum Gasteiger partial charge on any atom is -0.464 e. The molecule has 19 heavy (non-hydrogen) atoms. The first-order chi connectivity index (χ1) is 9.27. The zero-order valence-corrected chi connectivity index (χ0v) is 11.7. The summed E-state index contributed by atoms with van der Waals surface area (Å²) in [4.78, 5) is 15.8. The van der Waals surface area contributed by atoms with Gasteiger partial charge in [-0.1, -0.05) is 13.3 Å². The summed E-state index contributed by atoms with van der Waals surface area (Å²) in [6.07, 6.45) is 5.40. The van der Waals surface area contributed by atoms with E-state index in [9.17, 15) is 4.79 Å². The van der Waals surface area contributed by atoms with Gasteiger partial charge in [0.2, 0.25) is 0 Å². The van der Waals surface area contributed by atoms with Crippen molar-refractivity contribution in [3.05, 3.63) is 18.2 Å². The summed E-state index contributed by atoms with van der Waals surface area (Å²) in [5.74, 6) is 0.605. The average Bonchev–Trinajstić information content (AvgIpc) is 2.82. The molecule has 0 aromatic carbocycles. The van der Waals surface area contributed by atoms with Crippen LogP contribution in [0.25, 0.3) is 0 Å². The smallest absolute Gasteiger partial charge is 0.325 e. The number of methoxy groups -OCH3 is 1. The second-order valence-electron chi connectivity index (χ2n) is 4.21. The second kappa shape index (κ2) is 9.52. The Morgan fingerprint density at radius 1 is 1.47 bits per heavy atom. The standard InChI is InChI=1S/C13H23N3O3/c1-3-4-8-19-13(17)11-16-7-5-15-12(16)10-14-6-9-18-2/h5,7,14H,3-4,6,8-11H2,1-2H3. The number of ether oxygens (including phenoxy) is 2. The molecule has 0 aliphatic rings. The summed E-state index contributed by atoms with van der Waals surface area (Å²) in [5, 5.41) is 3.19. The molecule has 0 unspecified atom stereocenters. The van der Waals surface area contributed by atoms with Crippen LogP contribution >= 0.6 is 0 Å². The maximum atomic E-state index is 11.6. The molecule has 0 saturated heterocycles. The summed E-state index contributed by atoms with van der Waals surface area (Å²) in [7, 11) is 1.66. The molecular formula is C13H23N3O3. The second-order valence-corrected chi connectivity index (χ2v) is 4.21. The normalized spacial score (nSPS) is 10.6. The van der Waals surface area contributed by atoms with Gasteiger partial charge in [-0.05, 0) is 6.42 Å². The fourth-order valence-electron chi connectivity index (χ4n) is 1.54. The van der Waals surface area contributed by atoms with E-state index in [0.717, 1.165) is 25.2 Å². The van der Waals surface area contributed by atoms with Gasteiger partial charge in [-0.2, -0.15) is 0 Å². The van der Waals surface area contributed by atoms with Gasteiger partial charge in [0.05, 0.1) is 19.8 Å². The van der Waals surface area contributed by atoms with Gasteiger partial charge in [0.1, 0.15) is 12.4 Å². The van der Waals surface area contributed by atoms with Crippen molar-refractivity contribution in [1.29, 1.82) is 0 Å². The maximum absolute atomic E-state index is 11.6. The number of carbonyl (C=O) groups is 1. The number of hydrogen-bond acceptors (Lipinski definition) is 5. The van der Waals surface area contributed by atoms with Gasteiger partial charge >= 0.3 is 5.97 Å². The molecule has 1 rings (SSSR count). The van der Waals surface area contributed by atoms with Gasteiger partial charge in [0, 0.05) is 26.0 Å². The van der Waals surface area contributed by atoms with Crippen molar-refractivity contribution in [2.75, 3.05) is 26.9 Å². The fourth-order valence-corrected chi connectivity index (χ4v) is 1.54. The van der Waals surface area contributed by atoms with Crippen molar-refractivity contribution in [3.8, 4) is 0 Å². The van der Waals surface area contributed by atoms with Gasteiger partial charge < -0.3 is 19.4 Å². The molecule has 0 saturated carbocycles. The zero-order valence-electron chi connectivity index (χ0n) is 11.7. The first-order valence-electron chi connectivity index (χ1n) is 6.63. The van der Waals surface area contributed by atoms with Crippen molar-refractivity contribution >= 4 is 5.97 Å². The zero-order chi connectivity index (χ0) is 13.9. The molecule has 6 nitrogen and oxygen atoms in total. The van der Waals surface area contributed by atoms with E-state index in [1.165, 1.54) is 0 Å². The number of nitrogens with zero attached hydrogens (tertiary/aromatic N) is 2. The van der Waals surface area contributed by atoms with Crippen LogP contribution in [-0.2, 0) is 27.4 Å². The summed E-state index contributed by atoms with van der Waals surface area (Å²) in [5.41, 5.74) is 0. The van der Waals surface area contributed by atoms with Crippen LogP contribution in [0.15, 0.2) is 12.4 Å². The predicted molar refractivity (Wildman–Crippen MR) is 71.7 cm³/mol. The highest BCUT2D eigenvalue weighted by atomic mass is 16.5. The molecule has 6 heteroatoms. The lowest BCUT2D eigenvalue weighted by Gasteiger charge is -2.09. The number of rotatable bonds is 10. The molecule has 0 amide bonds. The Labute approximate surface area is 114 Å². The number of unbranched alkanes of at least 4 members (excludes halogenated alkanes) is 1. The lowest BCUT2D eigenvalue weighted by Crippen LogP contribution is -2.22. The Bertz CT molecular complexity index is 366. The van der Waals surface area contributed by atoms with Crippen LogP contribution in [0.1, 0.15) is 25.6 Å². The van der Waals surface area contributed by atoms with Gasteiger partial charge in [0.25, 0.3) is 0 Å². The lowest BCUT2D eigenvalue weighted by molar-refractivity contribution is -0.144. The van der Waals surface area contributed by atoms with Gasteiger partial charge in [-0.25, -0.2) is 4.98 Å². The van der Waals surface area contributed by atoms with Crippen molar-refractivity contribution < 1.29 is 14.3 Å². The van der Waals surface area contributed by atoms with Crippen molar-refractivity contribution in [2.45, 2.75) is 32.9 Å². The molecular weight excluding hydrogens is 246 g/mol. The van der Waals surface area contributed by atoms with Crippen LogP contribution in [0.4, 0.5) is 0 Å². The Hall–Kier alpha value is -1.40. The molecule has 108 valence electrons. The van der Waals surface area contributed by atoms with Crippen molar-refractivity contribution in [2.24, 2.45) is 0 Å². The first-order valence-corrected chi connectivity index (χ1v) is 6.63. The molecule has 0 aliphatic heterocycles. The predicted octanol–water partition coefficient (Wildman–Crippen LogP) is 0.962. The summed E-state index contributed by atoms with van der Waals surface area (Å²) < 4.78 is 11.9. The Kier molecular flexibility index (Phi) is 7.84. The molecule has 0 atom stereocenters. The summed E-state index contributed by atoms with van der Waals surface area (Å²) in [6, 6.07) is 0. The van der Waals surface area contributed by atoms with Crippen molar-refractivity contribution in [1.82, 2.24) is 14.9 Å². The minimum absolute atomic E-state index is 0.213. The third-order valence-electron chi connectivity index (χ3n) is 2.63. The van der Waals surface area contributed by atoms with Gasteiger partial charge in [0.15, 0.2) is 0 Å². The molecule has 0 aliphatic carbocycles. The van der Waals surface area contributed by atoms with Crippen LogP contribution in [0.3, 0.4) is 0 Å². The largest absolute Gasteiger partial charge is 0.464 e. The fraction of sp³-hybridized carbons (Fsp3) is 0.692. The molecule has 0 radical (unpaired) electrons. The van der Waals surface area contributed by atoms with Crippen LogP contribution in [0.5, 0.6) is 0 Å². The molecule has 1 N–H and O–H groups in total. The van der Waals surface area contributed by atoms with E-state index in [2.05, 4.69) is 17.2 Å². The Balaban J connectivity index is 2.33. The SMILES string of the molecule is CCCCOC(=O)Cn1ccnc1CNCCOC. The van der Waals surface area contributed by atoms with E-state index in [0.29, 0.717) is 19.8 Å². The number of carbonyl (C=O) groups excluding carboxylic acids is 1. The van der Waals surface area contributed by atoms with Crippen LogP contribution in [0.2, 0.25) is 0 Å². The van der Waals surface area contributed by atoms with E-state index in [1.54, 1.807) is 24.1 Å². The first kappa shape index (κ1) is 15.7. The number of hydrogen-bond donors (Lipinski definition) is 1. The number of nitrogens with one attached hydrogen (secondary N) is 1. The van der Waals surface area contributed by atoms with Gasteiger partial charge in [-0.3, -0.25) is 4.79 Å². The number of aromatic nitrogens is 2. The third kappa shape index (κ3) is 6.35. The van der Waals surface area contributed by atoms with E-state index >= 15 is 0 Å². The van der Waals surface area contributed by atoms with E-state index in [4.69, 9.17) is 9.47 Å². The number of esters is 1. The van der Waals surface area contributed by atoms with Crippen LogP contribution in [-0.4, -0.2) is 42.4 Å². The molecule has 0 fully saturated rings. The highest BCUT2D eigenvalue weighted by Crippen LogP contribution is 1.99. The van der Waals surface area contributed by atoms with Crippen LogP contribution in [0, 0.1) is 0 Å². The lowest BCUT2D eigenvalue weighted by atomic mass is 10.4. The Morgan fingerprint density at radius 2 is 2.32 bits per heavy atom. The van der Waals surface area contributed by atoms with Crippen LogP contribution < -0.4 is 5.32 Å². The Morgan fingerprint density at radius 3 is 3.05 bits per heavy atom. The van der Waals surface area contributed by atoms with Gasteiger partial charge in [-0.15, -0.1) is 0 Å². The highest BCUT2D eigenvalue weighted by molar-refractivity contribution is 5.69. The molecule has 0 bridgehead atoms. The van der Waals surface area contributed by atoms with Crippen molar-refractivity contribution in [3.63, 3.8) is 0 Å². The quantitative estimate of drug-likeness (QED) is 0.506. The molecule has 1 aromatic heterocycles. The summed E-state index contributed by atoms with van der Waals surface area (Å²) >= 11 is 0. The monoisotopic (exact) mass is 269 g/mol. The molecule has 1 heterocycles. The molecule has 1 aromatic rings. The van der Waals surface area contributed by atoms with E-state index in [1.807, 2.05) is 0 Å². The maximum Gasteiger partial charge on any atom is 0.325 e. The van der Waals surface area contributed by atoms with E-state index < -0.39 is 0 Å². The summed E-state index contributed by atoms with van der Waals surface area (Å²) in [6.45, 7) is 4.78. The highest BCUT2D eigenvalue weighted by Gasteiger charge is 2.08. The minimum atomic E-state index is -0.218. The van der Waals surface area contributed by atoms with E-state index in [-0.39, 0.29) is 12.5 Å². The molecule has 0 spiro atoms.